The summed E-state index contributed by atoms with van der Waals surface area (Å²) in [7, 11) is 4.46. The number of morpholine rings is 1. The molecule has 2 atom stereocenters. The van der Waals surface area contributed by atoms with Gasteiger partial charge in [-0.15, -0.1) is 0 Å². The van der Waals surface area contributed by atoms with E-state index in [1.165, 1.54) is 58.3 Å². The lowest BCUT2D eigenvalue weighted by Gasteiger charge is -2.49. The molecule has 0 saturated carbocycles. The zero-order valence-corrected chi connectivity index (χ0v) is 18.6. The van der Waals surface area contributed by atoms with Gasteiger partial charge in [-0.2, -0.15) is 0 Å². The van der Waals surface area contributed by atoms with E-state index in [2.05, 4.69) is 54.5 Å². The van der Waals surface area contributed by atoms with Crippen molar-refractivity contribution in [3.63, 3.8) is 0 Å². The molecule has 3 aliphatic heterocycles. The average Bonchev–Trinajstić information content (AvgIpc) is 2.69. The predicted molar refractivity (Wildman–Crippen MR) is 113 cm³/mol. The molecule has 3 rings (SSSR count). The lowest BCUT2D eigenvalue weighted by Crippen LogP contribution is -2.58. The van der Waals surface area contributed by atoms with Gasteiger partial charge in [0.15, 0.2) is 0 Å². The van der Waals surface area contributed by atoms with Crippen LogP contribution in [0.5, 0.6) is 0 Å². The lowest BCUT2D eigenvalue weighted by atomic mass is 9.86. The number of ether oxygens (including phenoxy) is 1. The molecule has 0 bridgehead atoms. The highest BCUT2D eigenvalue weighted by Crippen LogP contribution is 2.31. The summed E-state index contributed by atoms with van der Waals surface area (Å²) in [6, 6.07) is 2.18. The number of nitrogens with zero attached hydrogens (tertiary/aromatic N) is 4. The number of hydrogen-bond acceptors (Lipinski definition) is 5. The maximum atomic E-state index is 5.56. The maximum absolute atomic E-state index is 5.56. The van der Waals surface area contributed by atoms with Gasteiger partial charge < -0.3 is 19.4 Å². The van der Waals surface area contributed by atoms with Crippen LogP contribution in [0.15, 0.2) is 0 Å². The summed E-state index contributed by atoms with van der Waals surface area (Å²) in [5.41, 5.74) is 0.389. The third-order valence-corrected chi connectivity index (χ3v) is 7.81. The second-order valence-corrected chi connectivity index (χ2v) is 9.80. The molecule has 2 unspecified atom stereocenters. The molecule has 5 heteroatoms. The molecule has 5 nitrogen and oxygen atoms in total. The molecule has 0 N–H and O–H groups in total. The summed E-state index contributed by atoms with van der Waals surface area (Å²) in [4.78, 5) is 10.6. The van der Waals surface area contributed by atoms with Crippen molar-refractivity contribution in [3.8, 4) is 0 Å². The molecule has 3 saturated heterocycles. The molecule has 0 amide bonds. The van der Waals surface area contributed by atoms with E-state index < -0.39 is 0 Å². The van der Waals surface area contributed by atoms with Crippen molar-refractivity contribution in [3.05, 3.63) is 0 Å². The largest absolute Gasteiger partial charge is 0.379 e. The van der Waals surface area contributed by atoms with E-state index in [0.717, 1.165) is 32.3 Å². The standard InChI is InChI=1S/C22H44N4O/c1-19(24-10-6-21(7-11-24)23(4)5)18-20(2)25-12-8-22(3,9-13-25)26-14-16-27-17-15-26/h19-21H,6-18H2,1-5H3. The van der Waals surface area contributed by atoms with Gasteiger partial charge in [-0.1, -0.05) is 0 Å². The van der Waals surface area contributed by atoms with Gasteiger partial charge >= 0.3 is 0 Å². The molecular formula is C22H44N4O. The fourth-order valence-electron chi connectivity index (χ4n) is 5.50. The third-order valence-electron chi connectivity index (χ3n) is 7.81. The molecule has 0 radical (unpaired) electrons. The summed E-state index contributed by atoms with van der Waals surface area (Å²) >= 11 is 0. The second-order valence-electron chi connectivity index (χ2n) is 9.80. The predicted octanol–water partition coefficient (Wildman–Crippen LogP) is 2.37. The SMILES string of the molecule is CC(CC(C)N1CCC(C)(N2CCOCC2)CC1)N1CCC(N(C)C)CC1. The molecule has 0 aromatic heterocycles. The van der Waals surface area contributed by atoms with Gasteiger partial charge in [-0.05, 0) is 80.1 Å². The van der Waals surface area contributed by atoms with E-state index >= 15 is 0 Å². The molecular weight excluding hydrogens is 336 g/mol. The molecule has 3 heterocycles. The van der Waals surface area contributed by atoms with Crippen LogP contribution in [0.4, 0.5) is 0 Å². The van der Waals surface area contributed by atoms with Crippen molar-refractivity contribution in [2.24, 2.45) is 0 Å². The Morgan fingerprint density at radius 3 is 1.93 bits per heavy atom. The van der Waals surface area contributed by atoms with Gasteiger partial charge in [0.2, 0.25) is 0 Å². The zero-order valence-electron chi connectivity index (χ0n) is 18.6. The second kappa shape index (κ2) is 9.53. The minimum atomic E-state index is 0.389. The van der Waals surface area contributed by atoms with Crippen molar-refractivity contribution < 1.29 is 4.74 Å². The fraction of sp³-hybridized carbons (Fsp3) is 1.00. The molecule has 0 aromatic carbocycles. The van der Waals surface area contributed by atoms with Gasteiger partial charge in [-0.25, -0.2) is 0 Å². The third kappa shape index (κ3) is 5.45. The topological polar surface area (TPSA) is 22.2 Å². The van der Waals surface area contributed by atoms with Crippen LogP contribution in [0.25, 0.3) is 0 Å². The lowest BCUT2D eigenvalue weighted by molar-refractivity contribution is -0.0449. The van der Waals surface area contributed by atoms with Crippen LogP contribution in [0.2, 0.25) is 0 Å². The quantitative estimate of drug-likeness (QED) is 0.704. The summed E-state index contributed by atoms with van der Waals surface area (Å²) in [5, 5.41) is 0. The van der Waals surface area contributed by atoms with E-state index in [4.69, 9.17) is 4.74 Å². The van der Waals surface area contributed by atoms with Crippen molar-refractivity contribution in [2.75, 3.05) is 66.6 Å². The molecule has 158 valence electrons. The molecule has 3 aliphatic rings. The summed E-state index contributed by atoms with van der Waals surface area (Å²) in [5.74, 6) is 0. The molecule has 3 fully saturated rings. The Morgan fingerprint density at radius 1 is 0.889 bits per heavy atom. The van der Waals surface area contributed by atoms with Crippen LogP contribution in [0.3, 0.4) is 0 Å². The minimum absolute atomic E-state index is 0.389. The van der Waals surface area contributed by atoms with E-state index in [9.17, 15) is 0 Å². The summed E-state index contributed by atoms with van der Waals surface area (Å²) in [6.07, 6.45) is 6.57. The average molecular weight is 381 g/mol. The van der Waals surface area contributed by atoms with Crippen LogP contribution in [-0.4, -0.2) is 110 Å². The Bertz CT molecular complexity index is 436. The van der Waals surface area contributed by atoms with Crippen LogP contribution in [0, 0.1) is 0 Å². The van der Waals surface area contributed by atoms with E-state index in [1.54, 1.807) is 0 Å². The maximum Gasteiger partial charge on any atom is 0.0594 e. The number of hydrogen-bond donors (Lipinski definition) is 0. The van der Waals surface area contributed by atoms with Crippen molar-refractivity contribution in [1.29, 1.82) is 0 Å². The van der Waals surface area contributed by atoms with Gasteiger partial charge in [0.05, 0.1) is 13.2 Å². The van der Waals surface area contributed by atoms with Crippen LogP contribution in [-0.2, 0) is 4.74 Å². The molecule has 0 aromatic rings. The minimum Gasteiger partial charge on any atom is -0.379 e. The molecule has 27 heavy (non-hydrogen) atoms. The van der Waals surface area contributed by atoms with Crippen molar-refractivity contribution >= 4 is 0 Å². The Balaban J connectivity index is 1.42. The Hall–Kier alpha value is -0.200. The van der Waals surface area contributed by atoms with Gasteiger partial charge in [0.25, 0.3) is 0 Å². The van der Waals surface area contributed by atoms with E-state index in [1.807, 2.05) is 0 Å². The Morgan fingerprint density at radius 2 is 1.41 bits per heavy atom. The number of rotatable bonds is 6. The number of likely N-dealkylation sites (tertiary alicyclic amines) is 2. The first-order valence-electron chi connectivity index (χ1n) is 11.4. The fourth-order valence-corrected chi connectivity index (χ4v) is 5.50. The van der Waals surface area contributed by atoms with Crippen LogP contribution >= 0.6 is 0 Å². The van der Waals surface area contributed by atoms with Gasteiger partial charge in [-0.3, -0.25) is 4.90 Å². The smallest absolute Gasteiger partial charge is 0.0594 e. The summed E-state index contributed by atoms with van der Waals surface area (Å²) in [6.45, 7) is 16.5. The Kier molecular flexibility index (Phi) is 7.59. The highest BCUT2D eigenvalue weighted by Gasteiger charge is 2.37. The first-order chi connectivity index (χ1) is 12.9. The van der Waals surface area contributed by atoms with E-state index in [-0.39, 0.29) is 0 Å². The highest BCUT2D eigenvalue weighted by molar-refractivity contribution is 4.94. The Labute approximate surface area is 168 Å². The van der Waals surface area contributed by atoms with Crippen molar-refractivity contribution in [2.45, 2.75) is 76.5 Å². The molecule has 0 spiro atoms. The first kappa shape index (κ1) is 21.5. The zero-order chi connectivity index (χ0) is 19.4. The van der Waals surface area contributed by atoms with Crippen LogP contribution in [0.1, 0.15) is 52.9 Å². The first-order valence-corrected chi connectivity index (χ1v) is 11.4. The van der Waals surface area contributed by atoms with Crippen molar-refractivity contribution in [1.82, 2.24) is 19.6 Å². The van der Waals surface area contributed by atoms with Gasteiger partial charge in [0, 0.05) is 49.8 Å². The molecule has 0 aliphatic carbocycles. The normalized spacial score (nSPS) is 29.1. The van der Waals surface area contributed by atoms with Gasteiger partial charge in [0.1, 0.15) is 0 Å². The number of piperidine rings is 2. The summed E-state index contributed by atoms with van der Waals surface area (Å²) < 4.78 is 5.56. The van der Waals surface area contributed by atoms with E-state index in [0.29, 0.717) is 17.6 Å². The van der Waals surface area contributed by atoms with Crippen LogP contribution < -0.4 is 0 Å². The highest BCUT2D eigenvalue weighted by atomic mass is 16.5. The monoisotopic (exact) mass is 380 g/mol.